The van der Waals surface area contributed by atoms with E-state index in [-0.39, 0.29) is 36.3 Å². The first kappa shape index (κ1) is 46.6. The topological polar surface area (TPSA) is 120 Å². The number of anilines is 1. The zero-order valence-electron chi connectivity index (χ0n) is 40.3. The van der Waals surface area contributed by atoms with Crippen molar-refractivity contribution in [2.24, 2.45) is 47.3 Å². The van der Waals surface area contributed by atoms with E-state index in [9.17, 15) is 0 Å². The molecule has 1 aromatic carbocycles. The monoisotopic (exact) mass is 940 g/mol. The van der Waals surface area contributed by atoms with Crippen LogP contribution in [0.1, 0.15) is 106 Å². The van der Waals surface area contributed by atoms with Crippen molar-refractivity contribution in [3.05, 3.63) is 35.5 Å². The molecule has 13 rings (SSSR count). The summed E-state index contributed by atoms with van der Waals surface area (Å²) < 4.78 is 41.1. The van der Waals surface area contributed by atoms with Crippen LogP contribution >= 0.6 is 11.6 Å². The fourth-order valence-corrected chi connectivity index (χ4v) is 14.8. The first-order chi connectivity index (χ1) is 31.8. The van der Waals surface area contributed by atoms with Gasteiger partial charge in [0, 0.05) is 84.9 Å². The maximum absolute atomic E-state index is 6.78. The third-order valence-electron chi connectivity index (χ3n) is 18.5. The Kier molecular flexibility index (Phi) is 12.8. The largest absolute Gasteiger partial charge is 0.379 e. The number of pyridine rings is 1. The lowest BCUT2D eigenvalue weighted by atomic mass is 9.58. The fraction of sp³-hybridized carbons (Fsp3) is 0.824. The number of halogens is 1. The van der Waals surface area contributed by atoms with Gasteiger partial charge in [-0.3, -0.25) is 9.88 Å². The summed E-state index contributed by atoms with van der Waals surface area (Å²) >= 11 is 6.33. The van der Waals surface area contributed by atoms with Crippen molar-refractivity contribution in [2.45, 2.75) is 154 Å². The molecular weight excluding hydrogens is 864 g/mol. The lowest BCUT2D eigenvalue weighted by molar-refractivity contribution is -0.930. The second kappa shape index (κ2) is 18.1. The summed E-state index contributed by atoms with van der Waals surface area (Å²) in [5.41, 5.74) is 0.847. The Morgan fingerprint density at radius 3 is 1.92 bits per heavy atom. The molecule has 11 aliphatic rings. The van der Waals surface area contributed by atoms with E-state index in [1.54, 1.807) is 0 Å². The number of nitrogens with zero attached hydrogens (tertiary/aromatic N) is 3. The van der Waals surface area contributed by atoms with E-state index < -0.39 is 35.4 Å². The average molecular weight is 941 g/mol. The zero-order chi connectivity index (χ0) is 45.5. The molecule has 2 unspecified atom stereocenters. The van der Waals surface area contributed by atoms with Crippen LogP contribution in [0.5, 0.6) is 0 Å². The molecule has 9 aliphatic heterocycles. The number of quaternary nitrogens is 1. The molecular formula is C51H76ClN4O10+. The van der Waals surface area contributed by atoms with Gasteiger partial charge in [-0.2, -0.15) is 0 Å². The molecule has 10 heterocycles. The van der Waals surface area contributed by atoms with Gasteiger partial charge >= 0.3 is 0 Å². The molecule has 0 amide bonds. The molecule has 2 aliphatic carbocycles. The number of nitrogens with one attached hydrogen (secondary N) is 1. The molecule has 66 heavy (non-hydrogen) atoms. The van der Waals surface area contributed by atoms with E-state index in [4.69, 9.17) is 59.6 Å². The number of piperazine rings is 1. The minimum atomic E-state index is -0.795. The van der Waals surface area contributed by atoms with Crippen LogP contribution in [-0.4, -0.2) is 128 Å². The van der Waals surface area contributed by atoms with E-state index in [2.05, 4.69) is 55.0 Å². The van der Waals surface area contributed by atoms with Crippen molar-refractivity contribution in [3.8, 4) is 0 Å². The Morgan fingerprint density at radius 2 is 1.32 bits per heavy atom. The molecule has 2 saturated carbocycles. The van der Waals surface area contributed by atoms with Crippen LogP contribution in [0.25, 0.3) is 10.9 Å². The number of aromatic nitrogens is 1. The third kappa shape index (κ3) is 8.15. The Balaban J connectivity index is 0.705. The van der Waals surface area contributed by atoms with Gasteiger partial charge in [0.1, 0.15) is 0 Å². The summed E-state index contributed by atoms with van der Waals surface area (Å²) in [5, 5.41) is 5.56. The molecule has 4 bridgehead atoms. The number of fused-ring (bicyclic) bond motifs is 5. The van der Waals surface area contributed by atoms with Crippen molar-refractivity contribution in [1.82, 2.24) is 9.88 Å². The first-order valence-electron chi connectivity index (χ1n) is 25.8. The highest BCUT2D eigenvalue weighted by atomic mass is 35.5. The summed E-state index contributed by atoms with van der Waals surface area (Å²) in [6, 6.07) is 8.00. The summed E-state index contributed by atoms with van der Waals surface area (Å²) in [7, 11) is 0. The highest BCUT2D eigenvalue weighted by Gasteiger charge is 2.71. The highest BCUT2D eigenvalue weighted by Crippen LogP contribution is 2.62. The van der Waals surface area contributed by atoms with Gasteiger partial charge in [0.05, 0.1) is 51.5 Å². The zero-order valence-corrected chi connectivity index (χ0v) is 41.0. The normalized spacial score (nSPS) is 44.9. The van der Waals surface area contributed by atoms with Gasteiger partial charge < -0.3 is 38.2 Å². The lowest BCUT2D eigenvalue weighted by Gasteiger charge is -2.60. The number of hydrogen-bond acceptors (Lipinski definition) is 13. The maximum Gasteiger partial charge on any atom is 0.201 e. The lowest BCUT2D eigenvalue weighted by Crippen LogP contribution is -2.70. The fourth-order valence-electron chi connectivity index (χ4n) is 14.6. The van der Waals surface area contributed by atoms with Crippen LogP contribution in [0, 0.1) is 47.3 Å². The summed E-state index contributed by atoms with van der Waals surface area (Å²) in [6.07, 6.45) is 10.3. The van der Waals surface area contributed by atoms with E-state index in [1.807, 2.05) is 32.2 Å². The van der Waals surface area contributed by atoms with Gasteiger partial charge in [-0.05, 0) is 107 Å². The van der Waals surface area contributed by atoms with Gasteiger partial charge in [0.25, 0.3) is 0 Å². The highest BCUT2D eigenvalue weighted by molar-refractivity contribution is 6.31. The number of rotatable bonds is 14. The molecule has 1 aromatic heterocycles. The summed E-state index contributed by atoms with van der Waals surface area (Å²) in [4.78, 5) is 32.0. The van der Waals surface area contributed by atoms with E-state index in [0.717, 1.165) is 125 Å². The number of benzene rings is 1. The predicted octanol–water partition coefficient (Wildman–Crippen LogP) is 8.66. The van der Waals surface area contributed by atoms with E-state index >= 15 is 0 Å². The quantitative estimate of drug-likeness (QED) is 0.111. The number of ether oxygens (including phenoxy) is 6. The molecule has 15 heteroatoms. The van der Waals surface area contributed by atoms with Gasteiger partial charge in [-0.1, -0.05) is 39.3 Å². The molecule has 11 fully saturated rings. The molecule has 1 N–H and O–H groups in total. The first-order valence-corrected chi connectivity index (χ1v) is 26.2. The molecule has 16 atom stereocenters. The Labute approximate surface area is 396 Å². The van der Waals surface area contributed by atoms with Gasteiger partial charge in [0.2, 0.25) is 11.6 Å². The standard InChI is InChI=1S/C51H76ClN4O10/c1-32-9-13-40-34(3)44(59-46-50(40)38(32)15-18-48(5,61-46)63-65-50)57-29-7-22-55-23-27-56(28-24-55,26-21-54-42-17-20-53-43-31-36(52)11-12-37(42)43)25-8-30-58-45-35(4)41-14-10-33(2)39-16-19-49(6)62-47(60-45)51(39,41)66-64-49/h11-12,17,20,31-35,38-41,44-47H,7-10,13-16,18-19,21-30H2,1-6H3,(H,53,54)/q+1/t32-,33+,34-,35+,38+,39-,40+,41-,44?,45?,46+,47-,48-,49+,50-,51+/m1/s1. The van der Waals surface area contributed by atoms with Gasteiger partial charge in [-0.15, -0.1) is 0 Å². The van der Waals surface area contributed by atoms with E-state index in [0.29, 0.717) is 41.9 Å². The van der Waals surface area contributed by atoms with Crippen LogP contribution in [0.2, 0.25) is 5.02 Å². The summed E-state index contributed by atoms with van der Waals surface area (Å²) in [5.74, 6) is 1.04. The molecule has 366 valence electrons. The van der Waals surface area contributed by atoms with Crippen LogP contribution in [0.4, 0.5) is 5.69 Å². The van der Waals surface area contributed by atoms with Gasteiger partial charge in [-0.25, -0.2) is 19.6 Å². The predicted molar refractivity (Wildman–Crippen MR) is 246 cm³/mol. The van der Waals surface area contributed by atoms with Crippen molar-refractivity contribution < 1.29 is 52.5 Å². The second-order valence-electron chi connectivity index (χ2n) is 22.5. The molecule has 0 radical (unpaired) electrons. The molecule has 2 spiro atoms. The average Bonchev–Trinajstić information content (AvgIpc) is 3.68. The Hall–Kier alpha value is -1.76. The SMILES string of the molecule is C[C@@H]1CC[C@H]2[C@@H](C)C(OCCCN3CC[N+](CCCOC4O[C@@H]5O[C@]6(C)CC[C@@H]7[C@@H](C)CC[C@H]([C@@H]4C)[C@]57OO6)(CCNc4ccnc5cc(Cl)ccc45)CC3)O[C@H]3O[C@@]4(C)CC[C@@H]1[C@]32OO4. The third-order valence-corrected chi connectivity index (χ3v) is 18.8. The van der Waals surface area contributed by atoms with Crippen molar-refractivity contribution in [1.29, 1.82) is 0 Å². The van der Waals surface area contributed by atoms with Crippen LogP contribution in [0.3, 0.4) is 0 Å². The smallest absolute Gasteiger partial charge is 0.201 e. The Morgan fingerprint density at radius 1 is 0.727 bits per heavy atom. The van der Waals surface area contributed by atoms with Crippen molar-refractivity contribution in [2.75, 3.05) is 70.9 Å². The van der Waals surface area contributed by atoms with Crippen LogP contribution in [0.15, 0.2) is 30.5 Å². The second-order valence-corrected chi connectivity index (χ2v) is 23.0. The van der Waals surface area contributed by atoms with Crippen LogP contribution < -0.4 is 5.32 Å². The minimum absolute atomic E-state index is 0.163. The van der Waals surface area contributed by atoms with Crippen molar-refractivity contribution >= 4 is 28.2 Å². The van der Waals surface area contributed by atoms with E-state index in [1.165, 1.54) is 12.8 Å². The van der Waals surface area contributed by atoms with Gasteiger partial charge in [0.15, 0.2) is 36.4 Å². The molecule has 2 aromatic rings. The van der Waals surface area contributed by atoms with Crippen LogP contribution in [-0.2, 0) is 48.0 Å². The Bertz CT molecular complexity index is 2050. The molecule has 14 nitrogen and oxygen atoms in total. The molecule has 9 saturated heterocycles. The maximum atomic E-state index is 6.78. The number of hydrogen-bond donors (Lipinski definition) is 1. The summed E-state index contributed by atoms with van der Waals surface area (Å²) in [6.45, 7) is 22.6. The van der Waals surface area contributed by atoms with Crippen molar-refractivity contribution in [3.63, 3.8) is 0 Å². The minimum Gasteiger partial charge on any atom is -0.379 e.